The molecule has 4 N–H and O–H groups in total. The van der Waals surface area contributed by atoms with E-state index >= 15 is 0 Å². The van der Waals surface area contributed by atoms with Gasteiger partial charge in [-0.3, -0.25) is 14.4 Å². The van der Waals surface area contributed by atoms with Gasteiger partial charge in [0.2, 0.25) is 17.7 Å². The van der Waals surface area contributed by atoms with Crippen LogP contribution >= 0.6 is 0 Å². The number of carbonyl (C=O) groups is 4. The van der Waals surface area contributed by atoms with Crippen molar-refractivity contribution in [3.63, 3.8) is 0 Å². The van der Waals surface area contributed by atoms with Crippen LogP contribution in [-0.4, -0.2) is 41.5 Å². The first-order chi connectivity index (χ1) is 19.5. The molecule has 0 aliphatic heterocycles. The second-order valence-electron chi connectivity index (χ2n) is 13.6. The second-order valence-corrected chi connectivity index (χ2v) is 13.6. The number of rotatable bonds is 10. The average molecular weight is 567 g/mol. The van der Waals surface area contributed by atoms with E-state index in [4.69, 9.17) is 4.74 Å². The number of amides is 4. The largest absolute Gasteiger partial charge is 0.444 e. The molecule has 1 aromatic carbocycles. The third-order valence-electron chi connectivity index (χ3n) is 9.27. The maximum Gasteiger partial charge on any atom is 0.408 e. The predicted molar refractivity (Wildman–Crippen MR) is 156 cm³/mol. The minimum atomic E-state index is -0.658. The molecule has 3 saturated carbocycles. The summed E-state index contributed by atoms with van der Waals surface area (Å²) < 4.78 is 5.55. The van der Waals surface area contributed by atoms with E-state index in [1.54, 1.807) is 0 Å². The fourth-order valence-electron chi connectivity index (χ4n) is 6.72. The van der Waals surface area contributed by atoms with Crippen LogP contribution in [0.4, 0.5) is 10.5 Å². The lowest BCUT2D eigenvalue weighted by atomic mass is 9.62. The first kappa shape index (κ1) is 29.4. The Hall–Kier alpha value is -3.10. The highest BCUT2D eigenvalue weighted by molar-refractivity contribution is 5.97. The maximum absolute atomic E-state index is 13.8. The normalized spacial score (nSPS) is 22.0. The number of alkyl carbamates (subject to hydrolysis) is 1. The number of anilines is 1. The van der Waals surface area contributed by atoms with E-state index < -0.39 is 23.8 Å². The van der Waals surface area contributed by atoms with Gasteiger partial charge in [-0.25, -0.2) is 4.79 Å². The van der Waals surface area contributed by atoms with Crippen molar-refractivity contribution in [1.82, 2.24) is 16.0 Å². The third-order valence-corrected chi connectivity index (χ3v) is 9.27. The topological polar surface area (TPSA) is 126 Å². The van der Waals surface area contributed by atoms with Crippen LogP contribution in [0.5, 0.6) is 0 Å². The van der Waals surface area contributed by atoms with Crippen molar-refractivity contribution in [2.75, 3.05) is 5.32 Å². The Morgan fingerprint density at radius 1 is 0.854 bits per heavy atom. The first-order valence-corrected chi connectivity index (χ1v) is 15.5. The van der Waals surface area contributed by atoms with E-state index in [0.717, 1.165) is 62.5 Å². The van der Waals surface area contributed by atoms with Gasteiger partial charge in [0.1, 0.15) is 17.7 Å². The number of nitrogens with one attached hydrogen (secondary N) is 4. The molecule has 0 spiro atoms. The maximum atomic E-state index is 13.8. The summed E-state index contributed by atoms with van der Waals surface area (Å²) in [5.74, 6) is 0.655. The highest BCUT2D eigenvalue weighted by Crippen LogP contribution is 2.46. The average Bonchev–Trinajstić information content (AvgIpc) is 3.58. The lowest BCUT2D eigenvalue weighted by Crippen LogP contribution is -2.55. The van der Waals surface area contributed by atoms with E-state index in [0.29, 0.717) is 17.5 Å². The van der Waals surface area contributed by atoms with Gasteiger partial charge in [0.25, 0.3) is 0 Å². The van der Waals surface area contributed by atoms with E-state index in [1.165, 1.54) is 19.8 Å². The number of fused-ring (bicyclic) bond motifs is 1. The summed E-state index contributed by atoms with van der Waals surface area (Å²) in [6, 6.07) is 4.56. The highest BCUT2D eigenvalue weighted by atomic mass is 16.6. The Morgan fingerprint density at radius 3 is 2.05 bits per heavy atom. The molecule has 0 bridgehead atoms. The van der Waals surface area contributed by atoms with Crippen LogP contribution in [0.25, 0.3) is 0 Å². The highest BCUT2D eigenvalue weighted by Gasteiger charge is 2.45. The molecule has 3 fully saturated rings. The summed E-state index contributed by atoms with van der Waals surface area (Å²) >= 11 is 0. The Labute approximate surface area is 243 Å². The van der Waals surface area contributed by atoms with Gasteiger partial charge in [-0.15, -0.1) is 0 Å². The summed E-state index contributed by atoms with van der Waals surface area (Å²) in [5, 5.41) is 12.0. The van der Waals surface area contributed by atoms with Crippen molar-refractivity contribution in [2.24, 2.45) is 23.7 Å². The number of hydrogen-bond acceptors (Lipinski definition) is 5. The minimum Gasteiger partial charge on any atom is -0.444 e. The summed E-state index contributed by atoms with van der Waals surface area (Å²) in [7, 11) is 0. The number of ether oxygens (including phenoxy) is 1. The smallest absolute Gasteiger partial charge is 0.408 e. The molecule has 4 aliphatic rings. The minimum absolute atomic E-state index is 0.0991. The summed E-state index contributed by atoms with van der Waals surface area (Å²) in [6.45, 7) is 6.91. The monoisotopic (exact) mass is 566 g/mol. The molecule has 4 aliphatic carbocycles. The number of benzene rings is 1. The van der Waals surface area contributed by atoms with Crippen molar-refractivity contribution in [2.45, 2.75) is 116 Å². The molecule has 224 valence electrons. The zero-order valence-corrected chi connectivity index (χ0v) is 24.9. The van der Waals surface area contributed by atoms with E-state index in [1.807, 2.05) is 39.0 Å². The second kappa shape index (κ2) is 12.0. The standard InChI is InChI=1S/C32H46N4O5/c1-18(37)33-27(21-11-12-21)29(38)35-25-16-13-22-17-23(14-15-24(22)25)34-30(39)28(36-31(40)41-32(2,3)4)26(19-7-5-8-19)20-9-6-10-20/h14-15,17,19-21,25-28H,5-13,16H2,1-4H3,(H,33,37)(H,34,39)(H,35,38)(H,36,40)/t25-,27-,28+/m1/s1. The van der Waals surface area contributed by atoms with E-state index in [2.05, 4.69) is 21.3 Å². The van der Waals surface area contributed by atoms with Gasteiger partial charge in [0.15, 0.2) is 0 Å². The van der Waals surface area contributed by atoms with Crippen LogP contribution in [0, 0.1) is 23.7 Å². The van der Waals surface area contributed by atoms with Crippen molar-refractivity contribution >= 4 is 29.5 Å². The van der Waals surface area contributed by atoms with Crippen molar-refractivity contribution < 1.29 is 23.9 Å². The van der Waals surface area contributed by atoms with Crippen LogP contribution in [0.1, 0.15) is 103 Å². The molecule has 1 aromatic rings. The van der Waals surface area contributed by atoms with Gasteiger partial charge in [-0.2, -0.15) is 0 Å². The number of aryl methyl sites for hydroxylation is 1. The Kier molecular flexibility index (Phi) is 8.62. The molecule has 9 nitrogen and oxygen atoms in total. The number of hydrogen-bond donors (Lipinski definition) is 4. The molecule has 0 heterocycles. The zero-order chi connectivity index (χ0) is 29.3. The molecule has 4 amide bonds. The van der Waals surface area contributed by atoms with Gasteiger partial charge >= 0.3 is 6.09 Å². The molecule has 0 unspecified atom stereocenters. The third kappa shape index (κ3) is 7.22. The molecule has 41 heavy (non-hydrogen) atoms. The van der Waals surface area contributed by atoms with Crippen molar-refractivity contribution in [1.29, 1.82) is 0 Å². The van der Waals surface area contributed by atoms with Crippen molar-refractivity contribution in [3.8, 4) is 0 Å². The van der Waals surface area contributed by atoms with Crippen LogP contribution in [0.2, 0.25) is 0 Å². The zero-order valence-electron chi connectivity index (χ0n) is 24.9. The molecule has 3 atom stereocenters. The van der Waals surface area contributed by atoms with Gasteiger partial charge in [0.05, 0.1) is 6.04 Å². The summed E-state index contributed by atoms with van der Waals surface area (Å²) in [5.41, 5.74) is 2.16. The Bertz CT molecular complexity index is 1150. The summed E-state index contributed by atoms with van der Waals surface area (Å²) in [4.78, 5) is 51.3. The van der Waals surface area contributed by atoms with Crippen molar-refractivity contribution in [3.05, 3.63) is 29.3 Å². The van der Waals surface area contributed by atoms with Gasteiger partial charge in [-0.05, 0) is 93.4 Å². The Morgan fingerprint density at radius 2 is 1.51 bits per heavy atom. The number of carbonyl (C=O) groups excluding carboxylic acids is 4. The Balaban J connectivity index is 1.28. The molecule has 0 aromatic heterocycles. The fourth-order valence-corrected chi connectivity index (χ4v) is 6.72. The predicted octanol–water partition coefficient (Wildman–Crippen LogP) is 4.75. The SMILES string of the molecule is CC(=O)N[C@@H](C(=O)N[C@@H]1CCc2cc(NC(=O)[C@@H](NC(=O)OC(C)(C)C)C(C3CCC3)C3CCC3)ccc21)C1CC1. The van der Waals surface area contributed by atoms with E-state index in [9.17, 15) is 19.2 Å². The van der Waals surface area contributed by atoms with Gasteiger partial charge < -0.3 is 26.0 Å². The molecule has 9 heteroatoms. The van der Waals surface area contributed by atoms with Gasteiger partial charge in [-0.1, -0.05) is 44.6 Å². The molecular formula is C32H46N4O5. The molecule has 0 radical (unpaired) electrons. The first-order valence-electron chi connectivity index (χ1n) is 15.5. The molecule has 0 saturated heterocycles. The van der Waals surface area contributed by atoms with Crippen LogP contribution < -0.4 is 21.3 Å². The van der Waals surface area contributed by atoms with Crippen LogP contribution in [-0.2, 0) is 25.5 Å². The lowest BCUT2D eigenvalue weighted by Gasteiger charge is -2.45. The van der Waals surface area contributed by atoms with Crippen LogP contribution in [0.15, 0.2) is 18.2 Å². The summed E-state index contributed by atoms with van der Waals surface area (Å²) in [6.07, 6.45) is 9.61. The molecule has 5 rings (SSSR count). The fraction of sp³-hybridized carbons (Fsp3) is 0.688. The van der Waals surface area contributed by atoms with Crippen LogP contribution in [0.3, 0.4) is 0 Å². The van der Waals surface area contributed by atoms with Gasteiger partial charge in [0, 0.05) is 12.6 Å². The quantitative estimate of drug-likeness (QED) is 0.325. The van der Waals surface area contributed by atoms with E-state index in [-0.39, 0.29) is 35.6 Å². The lowest BCUT2D eigenvalue weighted by molar-refractivity contribution is -0.129. The molecular weight excluding hydrogens is 520 g/mol.